The molecule has 1 aromatic carbocycles. The zero-order valence-corrected chi connectivity index (χ0v) is 14.7. The Morgan fingerprint density at radius 3 is 3.00 bits per heavy atom. The van der Waals surface area contributed by atoms with Crippen molar-refractivity contribution in [1.29, 1.82) is 0 Å². The molecule has 2 heterocycles. The number of nitro benzene ring substituents is 1. The molecule has 25 heavy (non-hydrogen) atoms. The first kappa shape index (κ1) is 17.2. The Morgan fingerprint density at radius 2 is 2.36 bits per heavy atom. The van der Waals surface area contributed by atoms with Crippen LogP contribution in [0.15, 0.2) is 23.3 Å². The van der Waals surface area contributed by atoms with Gasteiger partial charge in [0.1, 0.15) is 11.8 Å². The van der Waals surface area contributed by atoms with Crippen LogP contribution in [0.25, 0.3) is 0 Å². The van der Waals surface area contributed by atoms with E-state index in [0.29, 0.717) is 28.5 Å². The highest BCUT2D eigenvalue weighted by Crippen LogP contribution is 2.28. The van der Waals surface area contributed by atoms with Crippen LogP contribution in [0.5, 0.6) is 0 Å². The first-order valence-electron chi connectivity index (χ1n) is 7.76. The van der Waals surface area contributed by atoms with Crippen molar-refractivity contribution in [1.82, 2.24) is 14.9 Å². The van der Waals surface area contributed by atoms with E-state index in [0.717, 1.165) is 12.8 Å². The topological polar surface area (TPSA) is 102 Å². The fourth-order valence-corrected chi connectivity index (χ4v) is 2.86. The Balaban J connectivity index is 1.93. The zero-order valence-electron chi connectivity index (χ0n) is 13.9. The van der Waals surface area contributed by atoms with Crippen LogP contribution in [0, 0.1) is 14.9 Å². The molecule has 10 heteroatoms. The van der Waals surface area contributed by atoms with E-state index in [1.54, 1.807) is 31.1 Å². The molecule has 9 nitrogen and oxygen atoms in total. The predicted molar refractivity (Wildman–Crippen MR) is 95.8 cm³/mol. The Kier molecular flexibility index (Phi) is 4.91. The fraction of sp³-hybridized carbons (Fsp3) is 0.400. The molecule has 2 aromatic rings. The minimum atomic E-state index is -0.409. The second kappa shape index (κ2) is 7.11. The van der Waals surface area contributed by atoms with Crippen molar-refractivity contribution in [3.8, 4) is 0 Å². The number of nitro groups is 1. The number of ether oxygens (including phenoxy) is 1. The molecular weight excluding hydrogens is 344 g/mol. The van der Waals surface area contributed by atoms with Gasteiger partial charge in [-0.05, 0) is 31.1 Å². The molecule has 3 rings (SSSR count). The number of hydrogen-bond donors (Lipinski definition) is 1. The van der Waals surface area contributed by atoms with E-state index in [1.807, 2.05) is 0 Å². The molecule has 132 valence electrons. The maximum Gasteiger partial charge on any atom is 0.293 e. The van der Waals surface area contributed by atoms with Gasteiger partial charge in [-0.2, -0.15) is 14.9 Å². The van der Waals surface area contributed by atoms with Gasteiger partial charge in [0.25, 0.3) is 5.69 Å². The summed E-state index contributed by atoms with van der Waals surface area (Å²) in [6, 6.07) is 4.94. The van der Waals surface area contributed by atoms with Gasteiger partial charge in [-0.3, -0.25) is 15.2 Å². The summed E-state index contributed by atoms with van der Waals surface area (Å²) in [7, 11) is 3.52. The van der Waals surface area contributed by atoms with Crippen LogP contribution >= 0.6 is 12.2 Å². The molecule has 0 unspecified atom stereocenters. The second-order valence-electron chi connectivity index (χ2n) is 5.84. The average Bonchev–Trinajstić information content (AvgIpc) is 3.22. The lowest BCUT2D eigenvalue weighted by Crippen LogP contribution is -2.11. The Bertz CT molecular complexity index is 866. The van der Waals surface area contributed by atoms with E-state index in [-0.39, 0.29) is 11.8 Å². The standard InChI is InChI=1S/C15H18N6O3S/c1-19(2)11-6-5-10(8-12(11)21(22)23)9-16-20-14(17-18-15(20)25)13-4-3-7-24-13/h5-6,8-9,13H,3-4,7H2,1-2H3,(H,18,25)/b16-9-/t13-/m0/s1. The van der Waals surface area contributed by atoms with Gasteiger partial charge in [-0.25, -0.2) is 0 Å². The average molecular weight is 362 g/mol. The number of nitrogens with one attached hydrogen (secondary N) is 1. The molecule has 0 amide bonds. The van der Waals surface area contributed by atoms with E-state index in [9.17, 15) is 10.1 Å². The Morgan fingerprint density at radius 1 is 1.56 bits per heavy atom. The van der Waals surface area contributed by atoms with Crippen LogP contribution in [-0.2, 0) is 4.74 Å². The molecule has 1 N–H and O–H groups in total. The number of rotatable bonds is 5. The van der Waals surface area contributed by atoms with Gasteiger partial charge in [0.15, 0.2) is 5.82 Å². The normalized spacial score (nSPS) is 17.3. The SMILES string of the molecule is CN(C)c1ccc(/C=N\n2c([C@@H]3CCCO3)n[nH]c2=S)cc1[N+](=O)[O-]. The van der Waals surface area contributed by atoms with Gasteiger partial charge in [0.2, 0.25) is 4.77 Å². The lowest BCUT2D eigenvalue weighted by molar-refractivity contribution is -0.384. The molecule has 1 aromatic heterocycles. The minimum Gasteiger partial charge on any atom is -0.372 e. The summed E-state index contributed by atoms with van der Waals surface area (Å²) >= 11 is 5.21. The van der Waals surface area contributed by atoms with E-state index < -0.39 is 4.92 Å². The fourth-order valence-electron chi connectivity index (χ4n) is 2.67. The molecule has 0 spiro atoms. The number of hydrogen-bond acceptors (Lipinski definition) is 7. The molecule has 1 fully saturated rings. The summed E-state index contributed by atoms with van der Waals surface area (Å²) in [5.74, 6) is 0.609. The highest BCUT2D eigenvalue weighted by Gasteiger charge is 2.23. The number of benzene rings is 1. The summed E-state index contributed by atoms with van der Waals surface area (Å²) in [5.41, 5.74) is 1.14. The van der Waals surface area contributed by atoms with Gasteiger partial charge >= 0.3 is 0 Å². The number of anilines is 1. The van der Waals surface area contributed by atoms with Crippen molar-refractivity contribution < 1.29 is 9.66 Å². The third-order valence-electron chi connectivity index (χ3n) is 3.89. The number of aromatic nitrogens is 3. The third kappa shape index (κ3) is 3.59. The first-order chi connectivity index (χ1) is 12.0. The van der Waals surface area contributed by atoms with Crippen LogP contribution < -0.4 is 4.90 Å². The monoisotopic (exact) mass is 362 g/mol. The maximum atomic E-state index is 11.3. The van der Waals surface area contributed by atoms with Gasteiger partial charge < -0.3 is 9.64 Å². The van der Waals surface area contributed by atoms with Crippen molar-refractivity contribution in [2.24, 2.45) is 5.10 Å². The maximum absolute atomic E-state index is 11.3. The van der Waals surface area contributed by atoms with Gasteiger partial charge in [-0.1, -0.05) is 6.07 Å². The molecule has 0 radical (unpaired) electrons. The van der Waals surface area contributed by atoms with Crippen LogP contribution in [0.1, 0.15) is 30.3 Å². The lowest BCUT2D eigenvalue weighted by Gasteiger charge is -2.12. The Labute approximate surface area is 149 Å². The van der Waals surface area contributed by atoms with Crippen molar-refractivity contribution in [3.05, 3.63) is 44.5 Å². The van der Waals surface area contributed by atoms with Gasteiger partial charge in [0, 0.05) is 32.3 Å². The van der Waals surface area contributed by atoms with Crippen LogP contribution in [0.4, 0.5) is 11.4 Å². The quantitative estimate of drug-likeness (QED) is 0.380. The molecule has 1 atom stereocenters. The summed E-state index contributed by atoms with van der Waals surface area (Å²) in [4.78, 5) is 12.6. The minimum absolute atomic E-state index is 0.0177. The molecule has 0 bridgehead atoms. The third-order valence-corrected chi connectivity index (χ3v) is 4.16. The van der Waals surface area contributed by atoms with Crippen LogP contribution in [0.3, 0.4) is 0 Å². The summed E-state index contributed by atoms with van der Waals surface area (Å²) in [6.45, 7) is 0.687. The molecule has 1 aliphatic rings. The number of H-pyrrole nitrogens is 1. The highest BCUT2D eigenvalue weighted by atomic mass is 32.1. The highest BCUT2D eigenvalue weighted by molar-refractivity contribution is 7.71. The van der Waals surface area contributed by atoms with E-state index in [2.05, 4.69) is 15.3 Å². The van der Waals surface area contributed by atoms with E-state index >= 15 is 0 Å². The largest absolute Gasteiger partial charge is 0.372 e. The molecular formula is C15H18N6O3S. The lowest BCUT2D eigenvalue weighted by atomic mass is 10.2. The van der Waals surface area contributed by atoms with E-state index in [4.69, 9.17) is 17.0 Å². The second-order valence-corrected chi connectivity index (χ2v) is 6.23. The van der Waals surface area contributed by atoms with Gasteiger partial charge in [0.05, 0.1) is 11.1 Å². The first-order valence-corrected chi connectivity index (χ1v) is 8.17. The molecule has 0 saturated carbocycles. The summed E-state index contributed by atoms with van der Waals surface area (Å²) in [5, 5.41) is 22.5. The summed E-state index contributed by atoms with van der Waals surface area (Å²) in [6.07, 6.45) is 3.20. The molecule has 1 aliphatic heterocycles. The molecule has 0 aliphatic carbocycles. The number of aromatic amines is 1. The van der Waals surface area contributed by atoms with Gasteiger partial charge in [-0.15, -0.1) is 0 Å². The van der Waals surface area contributed by atoms with Crippen molar-refractivity contribution >= 4 is 29.8 Å². The van der Waals surface area contributed by atoms with Crippen LogP contribution in [0.2, 0.25) is 0 Å². The van der Waals surface area contributed by atoms with Crippen molar-refractivity contribution in [2.45, 2.75) is 18.9 Å². The van der Waals surface area contributed by atoms with Crippen molar-refractivity contribution in [3.63, 3.8) is 0 Å². The smallest absolute Gasteiger partial charge is 0.293 e. The molecule has 1 saturated heterocycles. The summed E-state index contributed by atoms with van der Waals surface area (Å²) < 4.78 is 7.46. The number of nitrogens with zero attached hydrogens (tertiary/aromatic N) is 5. The van der Waals surface area contributed by atoms with Crippen LogP contribution in [-0.4, -0.2) is 46.7 Å². The zero-order chi connectivity index (χ0) is 18.0. The van der Waals surface area contributed by atoms with Crippen molar-refractivity contribution in [2.75, 3.05) is 25.6 Å². The Hall–Kier alpha value is -2.59. The predicted octanol–water partition coefficient (Wildman–Crippen LogP) is 2.65. The van der Waals surface area contributed by atoms with E-state index in [1.165, 1.54) is 17.0 Å².